The van der Waals surface area contributed by atoms with Gasteiger partial charge in [0.25, 0.3) is 5.91 Å². The number of rotatable bonds is 7. The highest BCUT2D eigenvalue weighted by atomic mass is 35.5. The van der Waals surface area contributed by atoms with Gasteiger partial charge in [-0.15, -0.1) is 0 Å². The molecule has 6 nitrogen and oxygen atoms in total. The van der Waals surface area contributed by atoms with Gasteiger partial charge in [0.2, 0.25) is 5.13 Å². The molecule has 3 aromatic rings. The number of carbonyl (C=O) groups excluding carboxylic acids is 1. The minimum absolute atomic E-state index is 0.0815. The number of carbonyl (C=O) groups is 1. The highest BCUT2D eigenvalue weighted by molar-refractivity contribution is 7.09. The van der Waals surface area contributed by atoms with Gasteiger partial charge in [0.05, 0.1) is 5.56 Å². The highest BCUT2D eigenvalue weighted by Gasteiger charge is 2.20. The second-order valence-electron chi connectivity index (χ2n) is 7.36. The van der Waals surface area contributed by atoms with Gasteiger partial charge in [-0.3, -0.25) is 9.69 Å². The van der Waals surface area contributed by atoms with E-state index in [1.165, 1.54) is 23.7 Å². The molecule has 0 unspecified atom stereocenters. The topological polar surface area (TPSA) is 61.4 Å². The molecule has 0 spiro atoms. The van der Waals surface area contributed by atoms with E-state index < -0.39 is 5.82 Å². The minimum Gasteiger partial charge on any atom is -0.351 e. The van der Waals surface area contributed by atoms with Crippen molar-refractivity contribution in [2.24, 2.45) is 0 Å². The summed E-state index contributed by atoms with van der Waals surface area (Å²) in [4.78, 5) is 21.3. The number of benzene rings is 2. The van der Waals surface area contributed by atoms with Crippen LogP contribution in [0.1, 0.15) is 21.7 Å². The van der Waals surface area contributed by atoms with E-state index in [0.717, 1.165) is 54.3 Å². The van der Waals surface area contributed by atoms with E-state index in [2.05, 4.69) is 19.5 Å². The van der Waals surface area contributed by atoms with Gasteiger partial charge in [-0.05, 0) is 29.8 Å². The van der Waals surface area contributed by atoms with Crippen LogP contribution in [0.5, 0.6) is 0 Å². The molecular formula is C22H23ClFN5OS. The summed E-state index contributed by atoms with van der Waals surface area (Å²) in [5.74, 6) is -0.0551. The minimum atomic E-state index is -0.499. The molecule has 1 aromatic heterocycles. The first kappa shape index (κ1) is 21.7. The van der Waals surface area contributed by atoms with Crippen LogP contribution in [0, 0.1) is 5.82 Å². The number of anilines is 1. The third-order valence-corrected chi connectivity index (χ3v) is 6.27. The zero-order valence-electron chi connectivity index (χ0n) is 16.9. The van der Waals surface area contributed by atoms with Gasteiger partial charge in [0.1, 0.15) is 11.6 Å². The first-order valence-corrected chi connectivity index (χ1v) is 11.3. The van der Waals surface area contributed by atoms with Crippen LogP contribution in [0.2, 0.25) is 5.02 Å². The van der Waals surface area contributed by atoms with Crippen LogP contribution in [0.3, 0.4) is 0 Å². The first-order chi connectivity index (χ1) is 15.1. The van der Waals surface area contributed by atoms with Crippen LogP contribution in [-0.4, -0.2) is 59.4 Å². The Morgan fingerprint density at radius 3 is 2.58 bits per heavy atom. The van der Waals surface area contributed by atoms with E-state index in [0.29, 0.717) is 13.0 Å². The van der Waals surface area contributed by atoms with Crippen LogP contribution in [0.25, 0.3) is 0 Å². The molecule has 0 radical (unpaired) electrons. The smallest absolute Gasteiger partial charge is 0.254 e. The van der Waals surface area contributed by atoms with Crippen LogP contribution >= 0.6 is 23.1 Å². The molecule has 9 heteroatoms. The second-order valence-corrected chi connectivity index (χ2v) is 8.53. The fraction of sp³-hybridized carbons (Fsp3) is 0.318. The number of piperazine rings is 1. The number of nitrogens with one attached hydrogen (secondary N) is 1. The molecule has 1 saturated heterocycles. The van der Waals surface area contributed by atoms with Crippen LogP contribution in [0.15, 0.2) is 48.5 Å². The number of hydrogen-bond acceptors (Lipinski definition) is 6. The summed E-state index contributed by atoms with van der Waals surface area (Å²) in [5.41, 5.74) is 1.22. The van der Waals surface area contributed by atoms with Gasteiger partial charge in [0, 0.05) is 62.2 Å². The summed E-state index contributed by atoms with van der Waals surface area (Å²) in [6.45, 7) is 4.68. The number of aromatic nitrogens is 2. The van der Waals surface area contributed by atoms with Crippen molar-refractivity contribution < 1.29 is 9.18 Å². The largest absolute Gasteiger partial charge is 0.351 e. The maximum Gasteiger partial charge on any atom is 0.254 e. The van der Waals surface area contributed by atoms with Crippen LogP contribution in [0.4, 0.5) is 9.52 Å². The average Bonchev–Trinajstić information content (AvgIpc) is 3.24. The van der Waals surface area contributed by atoms with E-state index in [4.69, 9.17) is 16.6 Å². The SMILES string of the molecule is O=C(NCCN1CCN(c2nc(Cc3ccc(Cl)cc3)ns2)CC1)c1ccccc1F. The van der Waals surface area contributed by atoms with Gasteiger partial charge >= 0.3 is 0 Å². The molecule has 0 atom stereocenters. The van der Waals surface area contributed by atoms with Crippen molar-refractivity contribution in [1.82, 2.24) is 19.6 Å². The Bertz CT molecular complexity index is 1020. The fourth-order valence-electron chi connectivity index (χ4n) is 3.46. The monoisotopic (exact) mass is 459 g/mol. The normalized spacial score (nSPS) is 14.6. The zero-order chi connectivity index (χ0) is 21.6. The molecule has 1 amide bonds. The summed E-state index contributed by atoms with van der Waals surface area (Å²) in [6.07, 6.45) is 0.690. The average molecular weight is 460 g/mol. The molecule has 2 aromatic carbocycles. The quantitative estimate of drug-likeness (QED) is 0.586. The molecule has 1 fully saturated rings. The second kappa shape index (κ2) is 10.2. The lowest BCUT2D eigenvalue weighted by molar-refractivity contribution is 0.0943. The molecular weight excluding hydrogens is 437 g/mol. The van der Waals surface area contributed by atoms with Gasteiger partial charge in [-0.1, -0.05) is 35.9 Å². The maximum atomic E-state index is 13.7. The highest BCUT2D eigenvalue weighted by Crippen LogP contribution is 2.21. The molecule has 2 heterocycles. The van der Waals surface area contributed by atoms with Gasteiger partial charge in [0.15, 0.2) is 0 Å². The van der Waals surface area contributed by atoms with Crippen LogP contribution in [-0.2, 0) is 6.42 Å². The summed E-state index contributed by atoms with van der Waals surface area (Å²) in [5, 5.41) is 4.46. The Balaban J connectivity index is 1.21. The van der Waals surface area contributed by atoms with E-state index >= 15 is 0 Å². The first-order valence-electron chi connectivity index (χ1n) is 10.2. The van der Waals surface area contributed by atoms with E-state index in [1.54, 1.807) is 12.1 Å². The molecule has 31 heavy (non-hydrogen) atoms. The Kier molecular flexibility index (Phi) is 7.11. The lowest BCUT2D eigenvalue weighted by Crippen LogP contribution is -2.48. The third-order valence-electron chi connectivity index (χ3n) is 5.21. The number of amides is 1. The van der Waals surface area contributed by atoms with Crippen molar-refractivity contribution in [2.45, 2.75) is 6.42 Å². The lowest BCUT2D eigenvalue weighted by atomic mass is 10.1. The molecule has 1 aliphatic heterocycles. The maximum absolute atomic E-state index is 13.7. The standard InChI is InChI=1S/C22H23ClFN5OS/c23-17-7-5-16(6-8-17)15-20-26-22(31-27-20)29-13-11-28(12-14-29)10-9-25-21(30)18-3-1-2-4-19(18)24/h1-8H,9-15H2,(H,25,30). The number of nitrogens with zero attached hydrogens (tertiary/aromatic N) is 4. The fourth-order valence-corrected chi connectivity index (χ4v) is 4.32. The Morgan fingerprint density at radius 2 is 1.84 bits per heavy atom. The van der Waals surface area contributed by atoms with Crippen LogP contribution < -0.4 is 10.2 Å². The summed E-state index contributed by atoms with van der Waals surface area (Å²) in [6, 6.07) is 13.8. The van der Waals surface area contributed by atoms with Crippen molar-refractivity contribution in [3.8, 4) is 0 Å². The third kappa shape index (κ3) is 5.78. The zero-order valence-corrected chi connectivity index (χ0v) is 18.5. The Morgan fingerprint density at radius 1 is 1.10 bits per heavy atom. The summed E-state index contributed by atoms with van der Waals surface area (Å²) < 4.78 is 18.2. The van der Waals surface area contributed by atoms with E-state index in [9.17, 15) is 9.18 Å². The van der Waals surface area contributed by atoms with Gasteiger partial charge in [-0.2, -0.15) is 4.37 Å². The van der Waals surface area contributed by atoms with Gasteiger partial charge in [-0.25, -0.2) is 9.37 Å². The van der Waals surface area contributed by atoms with Crippen molar-refractivity contribution in [3.05, 3.63) is 76.3 Å². The Labute approximate surface area is 189 Å². The molecule has 162 valence electrons. The van der Waals surface area contributed by atoms with Crippen molar-refractivity contribution in [3.63, 3.8) is 0 Å². The molecule has 4 rings (SSSR count). The van der Waals surface area contributed by atoms with Crippen molar-refractivity contribution >= 4 is 34.2 Å². The number of hydrogen-bond donors (Lipinski definition) is 1. The molecule has 1 N–H and O–H groups in total. The molecule has 0 aliphatic carbocycles. The summed E-state index contributed by atoms with van der Waals surface area (Å²) in [7, 11) is 0. The predicted octanol–water partition coefficient (Wildman–Crippen LogP) is 3.47. The molecule has 0 bridgehead atoms. The van der Waals surface area contributed by atoms with E-state index in [-0.39, 0.29) is 11.5 Å². The van der Waals surface area contributed by atoms with E-state index in [1.807, 2.05) is 24.3 Å². The molecule has 1 aliphatic rings. The summed E-state index contributed by atoms with van der Waals surface area (Å²) >= 11 is 7.37. The van der Waals surface area contributed by atoms with Crippen molar-refractivity contribution in [2.75, 3.05) is 44.2 Å². The Hall–Kier alpha value is -2.55. The lowest BCUT2D eigenvalue weighted by Gasteiger charge is -2.34. The molecule has 0 saturated carbocycles. The van der Waals surface area contributed by atoms with Gasteiger partial charge < -0.3 is 10.2 Å². The van der Waals surface area contributed by atoms with Crippen molar-refractivity contribution in [1.29, 1.82) is 0 Å². The number of halogens is 2. The predicted molar refractivity (Wildman–Crippen MR) is 122 cm³/mol.